The molecule has 0 amide bonds. The molecular weight excluding hydrogens is 310 g/mol. The maximum absolute atomic E-state index is 10.4. The molecule has 0 aromatic heterocycles. The molecule has 130 valence electrons. The van der Waals surface area contributed by atoms with Gasteiger partial charge in [-0.15, -0.1) is 0 Å². The lowest BCUT2D eigenvalue weighted by Crippen LogP contribution is -2.22. The van der Waals surface area contributed by atoms with E-state index < -0.39 is 6.10 Å². The van der Waals surface area contributed by atoms with Gasteiger partial charge >= 0.3 is 0 Å². The van der Waals surface area contributed by atoms with Crippen molar-refractivity contribution in [3.63, 3.8) is 0 Å². The highest BCUT2D eigenvalue weighted by molar-refractivity contribution is 5.56. The van der Waals surface area contributed by atoms with Gasteiger partial charge in [0.2, 0.25) is 0 Å². The van der Waals surface area contributed by atoms with E-state index in [0.29, 0.717) is 12.5 Å². The van der Waals surface area contributed by atoms with E-state index in [2.05, 4.69) is 35.4 Å². The van der Waals surface area contributed by atoms with E-state index in [9.17, 15) is 10.2 Å². The molecule has 3 nitrogen and oxygen atoms in total. The monoisotopic (exact) mass is 335 g/mol. The zero-order chi connectivity index (χ0) is 17.2. The molecule has 0 spiro atoms. The van der Waals surface area contributed by atoms with E-state index in [0.717, 1.165) is 18.5 Å². The average Bonchev–Trinajstić information content (AvgIpc) is 3.14. The third kappa shape index (κ3) is 3.72. The van der Waals surface area contributed by atoms with E-state index in [-0.39, 0.29) is 5.75 Å². The Balaban J connectivity index is 1.37. The van der Waals surface area contributed by atoms with Crippen LogP contribution in [0.1, 0.15) is 37.4 Å². The Morgan fingerprint density at radius 2 is 2.00 bits per heavy atom. The first-order valence-corrected chi connectivity index (χ1v) is 9.18. The second kappa shape index (κ2) is 6.93. The van der Waals surface area contributed by atoms with Crippen LogP contribution < -0.4 is 0 Å². The number of aromatic hydroxyl groups is 1. The summed E-state index contributed by atoms with van der Waals surface area (Å²) in [6, 6.07) is 6.79. The van der Waals surface area contributed by atoms with Gasteiger partial charge in [0.15, 0.2) is 0 Å². The minimum Gasteiger partial charge on any atom is -0.508 e. The molecule has 2 aliphatic carbocycles. The molecule has 1 aliphatic heterocycles. The normalized spacial score (nSPS) is 23.2. The minimum absolute atomic E-state index is 0.226. The lowest BCUT2D eigenvalue weighted by atomic mass is 9.90. The van der Waals surface area contributed by atoms with E-state index in [4.69, 9.17) is 0 Å². The smallest absolute Gasteiger partial charge is 0.115 e. The third-order valence-electron chi connectivity index (χ3n) is 5.30. The summed E-state index contributed by atoms with van der Waals surface area (Å²) in [7, 11) is 0. The first-order valence-electron chi connectivity index (χ1n) is 9.18. The molecule has 1 aromatic rings. The average molecular weight is 335 g/mol. The molecule has 2 N–H and O–H groups in total. The first kappa shape index (κ1) is 16.2. The van der Waals surface area contributed by atoms with Crippen LogP contribution in [0.5, 0.6) is 5.75 Å². The van der Waals surface area contributed by atoms with Crippen LogP contribution in [0.3, 0.4) is 0 Å². The zero-order valence-corrected chi connectivity index (χ0v) is 14.4. The first-order chi connectivity index (χ1) is 12.2. The van der Waals surface area contributed by atoms with Crippen LogP contribution in [0, 0.1) is 5.92 Å². The summed E-state index contributed by atoms with van der Waals surface area (Å²) in [6.45, 7) is 1.44. The summed E-state index contributed by atoms with van der Waals surface area (Å²) >= 11 is 0. The Hall–Kier alpha value is -2.26. The number of aliphatic hydroxyl groups excluding tert-OH is 1. The van der Waals surface area contributed by atoms with Crippen molar-refractivity contribution in [1.29, 1.82) is 0 Å². The SMILES string of the molecule is Oc1ccc(C(O)CN2C=C3C=C(CC4C=CCCC4)C=C3C2)cc1. The summed E-state index contributed by atoms with van der Waals surface area (Å²) in [4.78, 5) is 2.17. The van der Waals surface area contributed by atoms with Gasteiger partial charge in [0.25, 0.3) is 0 Å². The van der Waals surface area contributed by atoms with Crippen LogP contribution in [0.4, 0.5) is 0 Å². The maximum atomic E-state index is 10.4. The second-order valence-corrected chi connectivity index (χ2v) is 7.33. The van der Waals surface area contributed by atoms with E-state index in [1.54, 1.807) is 24.3 Å². The van der Waals surface area contributed by atoms with Gasteiger partial charge in [-0.1, -0.05) is 30.4 Å². The Morgan fingerprint density at radius 1 is 1.16 bits per heavy atom. The number of aliphatic hydroxyl groups is 1. The van der Waals surface area contributed by atoms with Gasteiger partial charge < -0.3 is 15.1 Å². The zero-order valence-electron chi connectivity index (χ0n) is 14.4. The topological polar surface area (TPSA) is 43.7 Å². The van der Waals surface area contributed by atoms with E-state index >= 15 is 0 Å². The molecule has 0 bridgehead atoms. The Kier molecular flexibility index (Phi) is 4.50. The fourth-order valence-electron chi connectivity index (χ4n) is 3.97. The van der Waals surface area contributed by atoms with Gasteiger partial charge in [-0.25, -0.2) is 0 Å². The minimum atomic E-state index is -0.548. The highest BCUT2D eigenvalue weighted by atomic mass is 16.3. The molecule has 25 heavy (non-hydrogen) atoms. The van der Waals surface area contributed by atoms with Crippen molar-refractivity contribution in [2.24, 2.45) is 5.92 Å². The van der Waals surface area contributed by atoms with Crippen molar-refractivity contribution < 1.29 is 10.2 Å². The van der Waals surface area contributed by atoms with Crippen LogP contribution in [-0.4, -0.2) is 28.2 Å². The van der Waals surface area contributed by atoms with E-state index in [1.807, 2.05) is 0 Å². The lowest BCUT2D eigenvalue weighted by molar-refractivity contribution is 0.141. The van der Waals surface area contributed by atoms with Crippen molar-refractivity contribution in [2.75, 3.05) is 13.1 Å². The Morgan fingerprint density at radius 3 is 2.72 bits per heavy atom. The number of nitrogens with zero attached hydrogens (tertiary/aromatic N) is 1. The molecule has 3 heteroatoms. The number of allylic oxidation sites excluding steroid dienone is 5. The van der Waals surface area contributed by atoms with Crippen LogP contribution in [-0.2, 0) is 0 Å². The van der Waals surface area contributed by atoms with Crippen molar-refractivity contribution in [3.05, 3.63) is 77.1 Å². The lowest BCUT2D eigenvalue weighted by Gasteiger charge is -2.20. The van der Waals surface area contributed by atoms with Crippen LogP contribution >= 0.6 is 0 Å². The summed E-state index contributed by atoms with van der Waals surface area (Å²) in [5.74, 6) is 0.924. The van der Waals surface area contributed by atoms with Crippen molar-refractivity contribution in [3.8, 4) is 5.75 Å². The van der Waals surface area contributed by atoms with Crippen molar-refractivity contribution in [1.82, 2.24) is 4.90 Å². The largest absolute Gasteiger partial charge is 0.508 e. The number of fused-ring (bicyclic) bond motifs is 1. The van der Waals surface area contributed by atoms with Crippen molar-refractivity contribution >= 4 is 0 Å². The summed E-state index contributed by atoms with van der Waals surface area (Å²) < 4.78 is 0. The van der Waals surface area contributed by atoms with Gasteiger partial charge in [0.1, 0.15) is 5.75 Å². The molecule has 0 radical (unpaired) electrons. The molecule has 0 saturated heterocycles. The third-order valence-corrected chi connectivity index (χ3v) is 5.30. The quantitative estimate of drug-likeness (QED) is 0.791. The predicted molar refractivity (Wildman–Crippen MR) is 100.0 cm³/mol. The van der Waals surface area contributed by atoms with Gasteiger partial charge in [0.05, 0.1) is 6.10 Å². The van der Waals surface area contributed by atoms with Crippen molar-refractivity contribution in [2.45, 2.75) is 31.8 Å². The van der Waals surface area contributed by atoms with Crippen LogP contribution in [0.25, 0.3) is 0 Å². The molecule has 4 rings (SSSR count). The summed E-state index contributed by atoms with van der Waals surface area (Å²) in [6.07, 6.45) is 16.0. The standard InChI is InChI=1S/C22H25NO2/c24-21-8-6-18(7-9-21)22(25)15-23-13-19-11-17(12-20(19)14-23)10-16-4-2-1-3-5-16/h2,4,6-9,11-13,16,22,24-25H,1,3,5,10,14-15H2. The van der Waals surface area contributed by atoms with Gasteiger partial charge in [-0.3, -0.25) is 0 Å². The number of phenolic OH excluding ortho intramolecular Hbond substituents is 1. The highest BCUT2D eigenvalue weighted by Crippen LogP contribution is 2.35. The molecular formula is C22H25NO2. The van der Waals surface area contributed by atoms with Gasteiger partial charge in [-0.05, 0) is 72.1 Å². The van der Waals surface area contributed by atoms with E-state index in [1.165, 1.54) is 36.0 Å². The Labute approximate surface area is 149 Å². The second-order valence-electron chi connectivity index (χ2n) is 7.33. The number of rotatable bonds is 5. The predicted octanol–water partition coefficient (Wildman–Crippen LogP) is 4.24. The number of hydrogen-bond acceptors (Lipinski definition) is 3. The molecule has 1 aromatic carbocycles. The molecule has 3 aliphatic rings. The fraction of sp³-hybridized carbons (Fsp3) is 0.364. The van der Waals surface area contributed by atoms with Crippen LogP contribution in [0.15, 0.2) is 71.5 Å². The van der Waals surface area contributed by atoms with Gasteiger partial charge in [-0.2, -0.15) is 0 Å². The number of phenols is 1. The molecule has 2 unspecified atom stereocenters. The summed E-state index contributed by atoms with van der Waals surface area (Å²) in [5.41, 5.74) is 4.94. The fourth-order valence-corrected chi connectivity index (χ4v) is 3.97. The maximum Gasteiger partial charge on any atom is 0.115 e. The van der Waals surface area contributed by atoms with Crippen LogP contribution in [0.2, 0.25) is 0 Å². The molecule has 0 fully saturated rings. The Bertz CT molecular complexity index is 755. The number of benzene rings is 1. The highest BCUT2D eigenvalue weighted by Gasteiger charge is 2.24. The summed E-state index contributed by atoms with van der Waals surface area (Å²) in [5, 5.41) is 19.8. The molecule has 0 saturated carbocycles. The number of β-amino-alcohol motifs (C(OH)–C–C–N with tert-alkyl or cyclic N) is 1. The molecule has 1 heterocycles. The molecule has 2 atom stereocenters. The van der Waals surface area contributed by atoms with Gasteiger partial charge in [0, 0.05) is 19.3 Å². The number of hydrogen-bond donors (Lipinski definition) is 2.